The maximum atomic E-state index is 11.7. The van der Waals surface area contributed by atoms with Gasteiger partial charge in [0.15, 0.2) is 0 Å². The zero-order valence-electron chi connectivity index (χ0n) is 10.2. The lowest BCUT2D eigenvalue weighted by molar-refractivity contribution is -0.114. The van der Waals surface area contributed by atoms with E-state index < -0.39 is 0 Å². The molecule has 1 amide bonds. The van der Waals surface area contributed by atoms with E-state index in [9.17, 15) is 4.79 Å². The van der Waals surface area contributed by atoms with Gasteiger partial charge in [0, 0.05) is 11.4 Å². The van der Waals surface area contributed by atoms with Crippen LogP contribution in [0.5, 0.6) is 0 Å². The number of aryl methyl sites for hydroxylation is 1. The number of rotatable bonds is 4. The Balaban J connectivity index is 1.84. The van der Waals surface area contributed by atoms with E-state index in [2.05, 4.69) is 15.6 Å². The summed E-state index contributed by atoms with van der Waals surface area (Å²) in [7, 11) is 0. The number of hydrogen-bond acceptors (Lipinski definition) is 3. The first-order valence-corrected chi connectivity index (χ1v) is 5.75. The standard InChI is InChI=1S/C14H15N3O/c1-11-7-8-13(9-15-11)17-14(18)10-16-12-5-3-2-4-6-12/h2-9,16H,10H2,1H3,(H,17,18). The van der Waals surface area contributed by atoms with Crippen LogP contribution >= 0.6 is 0 Å². The van der Waals surface area contributed by atoms with E-state index >= 15 is 0 Å². The summed E-state index contributed by atoms with van der Waals surface area (Å²) in [6.07, 6.45) is 1.65. The fourth-order valence-corrected chi connectivity index (χ4v) is 1.49. The van der Waals surface area contributed by atoms with Crippen LogP contribution in [0.25, 0.3) is 0 Å². The summed E-state index contributed by atoms with van der Waals surface area (Å²) in [5.74, 6) is -0.0930. The Morgan fingerprint density at radius 2 is 1.89 bits per heavy atom. The molecule has 0 aliphatic rings. The number of nitrogens with zero attached hydrogens (tertiary/aromatic N) is 1. The molecule has 0 saturated heterocycles. The molecular formula is C14H15N3O. The van der Waals surface area contributed by atoms with Crippen molar-refractivity contribution >= 4 is 17.3 Å². The second-order valence-corrected chi connectivity index (χ2v) is 3.96. The molecule has 0 aliphatic carbocycles. The molecule has 1 aromatic heterocycles. The molecule has 0 radical (unpaired) electrons. The van der Waals surface area contributed by atoms with Gasteiger partial charge in [0.05, 0.1) is 18.4 Å². The Labute approximate surface area is 106 Å². The van der Waals surface area contributed by atoms with Gasteiger partial charge < -0.3 is 10.6 Å². The van der Waals surface area contributed by atoms with Crippen molar-refractivity contribution in [2.45, 2.75) is 6.92 Å². The predicted molar refractivity (Wildman–Crippen MR) is 72.5 cm³/mol. The molecular weight excluding hydrogens is 226 g/mol. The monoisotopic (exact) mass is 241 g/mol. The summed E-state index contributed by atoms with van der Waals surface area (Å²) in [4.78, 5) is 15.8. The summed E-state index contributed by atoms with van der Waals surface area (Å²) >= 11 is 0. The summed E-state index contributed by atoms with van der Waals surface area (Å²) in [5, 5.41) is 5.82. The first-order valence-electron chi connectivity index (χ1n) is 5.75. The summed E-state index contributed by atoms with van der Waals surface area (Å²) < 4.78 is 0. The van der Waals surface area contributed by atoms with Crippen molar-refractivity contribution in [2.75, 3.05) is 17.2 Å². The van der Waals surface area contributed by atoms with Crippen molar-refractivity contribution < 1.29 is 4.79 Å². The number of amides is 1. The van der Waals surface area contributed by atoms with Gasteiger partial charge in [-0.15, -0.1) is 0 Å². The van der Waals surface area contributed by atoms with Crippen LogP contribution < -0.4 is 10.6 Å². The minimum atomic E-state index is -0.0930. The molecule has 4 nitrogen and oxygen atoms in total. The van der Waals surface area contributed by atoms with Crippen molar-refractivity contribution in [1.82, 2.24) is 4.98 Å². The minimum Gasteiger partial charge on any atom is -0.376 e. The Kier molecular flexibility index (Phi) is 3.91. The second kappa shape index (κ2) is 5.82. The molecule has 2 rings (SSSR count). The highest BCUT2D eigenvalue weighted by Crippen LogP contribution is 2.06. The number of para-hydroxylation sites is 1. The Hall–Kier alpha value is -2.36. The molecule has 0 fully saturated rings. The van der Waals surface area contributed by atoms with Gasteiger partial charge in [0.2, 0.25) is 5.91 Å². The van der Waals surface area contributed by atoms with Crippen molar-refractivity contribution in [1.29, 1.82) is 0 Å². The first-order chi connectivity index (χ1) is 8.74. The fraction of sp³-hybridized carbons (Fsp3) is 0.143. The van der Waals surface area contributed by atoms with Crippen LogP contribution in [0.15, 0.2) is 48.7 Å². The van der Waals surface area contributed by atoms with Crippen molar-refractivity contribution in [3.8, 4) is 0 Å². The zero-order valence-corrected chi connectivity index (χ0v) is 10.2. The Bertz CT molecular complexity index is 508. The van der Waals surface area contributed by atoms with Crippen molar-refractivity contribution in [3.63, 3.8) is 0 Å². The smallest absolute Gasteiger partial charge is 0.243 e. The van der Waals surface area contributed by atoms with Crippen LogP contribution in [0.3, 0.4) is 0 Å². The lowest BCUT2D eigenvalue weighted by Crippen LogP contribution is -2.21. The van der Waals surface area contributed by atoms with Crippen molar-refractivity contribution in [2.24, 2.45) is 0 Å². The average molecular weight is 241 g/mol. The zero-order chi connectivity index (χ0) is 12.8. The maximum absolute atomic E-state index is 11.7. The summed E-state index contributed by atoms with van der Waals surface area (Å²) in [5.41, 5.74) is 2.56. The minimum absolute atomic E-state index is 0.0930. The van der Waals surface area contributed by atoms with Gasteiger partial charge in [0.25, 0.3) is 0 Å². The molecule has 92 valence electrons. The van der Waals surface area contributed by atoms with Crippen LogP contribution in [-0.4, -0.2) is 17.4 Å². The number of carbonyl (C=O) groups excluding carboxylic acids is 1. The molecule has 0 unspecified atom stereocenters. The van der Waals surface area contributed by atoms with E-state index in [4.69, 9.17) is 0 Å². The molecule has 1 aromatic carbocycles. The van der Waals surface area contributed by atoms with E-state index in [1.807, 2.05) is 49.4 Å². The van der Waals surface area contributed by atoms with Gasteiger partial charge >= 0.3 is 0 Å². The van der Waals surface area contributed by atoms with Crippen molar-refractivity contribution in [3.05, 3.63) is 54.4 Å². The third kappa shape index (κ3) is 3.59. The van der Waals surface area contributed by atoms with E-state index in [-0.39, 0.29) is 12.5 Å². The number of benzene rings is 1. The third-order valence-corrected chi connectivity index (χ3v) is 2.42. The van der Waals surface area contributed by atoms with Gasteiger partial charge in [-0.3, -0.25) is 9.78 Å². The highest BCUT2D eigenvalue weighted by atomic mass is 16.1. The van der Waals surface area contributed by atoms with Crippen LogP contribution in [-0.2, 0) is 4.79 Å². The normalized spacial score (nSPS) is 9.83. The lowest BCUT2D eigenvalue weighted by atomic mass is 10.3. The largest absolute Gasteiger partial charge is 0.376 e. The number of anilines is 2. The summed E-state index contributed by atoms with van der Waals surface area (Å²) in [6.45, 7) is 2.14. The average Bonchev–Trinajstić information content (AvgIpc) is 2.40. The van der Waals surface area contributed by atoms with E-state index in [1.54, 1.807) is 6.20 Å². The quantitative estimate of drug-likeness (QED) is 0.864. The maximum Gasteiger partial charge on any atom is 0.243 e. The molecule has 1 heterocycles. The van der Waals surface area contributed by atoms with Gasteiger partial charge in [0.1, 0.15) is 0 Å². The van der Waals surface area contributed by atoms with Gasteiger partial charge in [-0.05, 0) is 31.2 Å². The van der Waals surface area contributed by atoms with E-state index in [1.165, 1.54) is 0 Å². The number of hydrogen-bond donors (Lipinski definition) is 2. The summed E-state index contributed by atoms with van der Waals surface area (Å²) in [6, 6.07) is 13.3. The number of pyridine rings is 1. The van der Waals surface area contributed by atoms with E-state index in [0.717, 1.165) is 11.4 Å². The molecule has 0 saturated carbocycles. The molecule has 2 aromatic rings. The Morgan fingerprint density at radius 1 is 1.11 bits per heavy atom. The molecule has 0 aliphatic heterocycles. The van der Waals surface area contributed by atoms with E-state index in [0.29, 0.717) is 5.69 Å². The first kappa shape index (κ1) is 12.1. The van der Waals surface area contributed by atoms with Crippen LogP contribution in [0.1, 0.15) is 5.69 Å². The Morgan fingerprint density at radius 3 is 2.56 bits per heavy atom. The van der Waals surface area contributed by atoms with Gasteiger partial charge in [-0.25, -0.2) is 0 Å². The van der Waals surface area contributed by atoms with Crippen LogP contribution in [0.2, 0.25) is 0 Å². The van der Waals surface area contributed by atoms with Crippen LogP contribution in [0, 0.1) is 6.92 Å². The number of aromatic nitrogens is 1. The number of carbonyl (C=O) groups is 1. The fourth-order valence-electron chi connectivity index (χ4n) is 1.49. The third-order valence-electron chi connectivity index (χ3n) is 2.42. The SMILES string of the molecule is Cc1ccc(NC(=O)CNc2ccccc2)cn1. The highest BCUT2D eigenvalue weighted by Gasteiger charge is 2.01. The van der Waals surface area contributed by atoms with Gasteiger partial charge in [-0.2, -0.15) is 0 Å². The molecule has 0 atom stereocenters. The lowest BCUT2D eigenvalue weighted by Gasteiger charge is -2.07. The molecule has 18 heavy (non-hydrogen) atoms. The molecule has 4 heteroatoms. The molecule has 0 spiro atoms. The molecule has 0 bridgehead atoms. The van der Waals surface area contributed by atoms with Gasteiger partial charge in [-0.1, -0.05) is 18.2 Å². The molecule has 2 N–H and O–H groups in total. The second-order valence-electron chi connectivity index (χ2n) is 3.96. The predicted octanol–water partition coefficient (Wildman–Crippen LogP) is 2.44. The topological polar surface area (TPSA) is 54.0 Å². The van der Waals surface area contributed by atoms with Crippen LogP contribution in [0.4, 0.5) is 11.4 Å². The number of nitrogens with one attached hydrogen (secondary N) is 2. The highest BCUT2D eigenvalue weighted by molar-refractivity contribution is 5.93.